The first-order valence-electron chi connectivity index (χ1n) is 8.78. The van der Waals surface area contributed by atoms with Crippen LogP contribution in [0.15, 0.2) is 4.99 Å². The Labute approximate surface area is 178 Å². The van der Waals surface area contributed by atoms with Crippen LogP contribution in [0.25, 0.3) is 0 Å². The van der Waals surface area contributed by atoms with E-state index in [4.69, 9.17) is 4.74 Å². The molecule has 1 atom stereocenters. The molecule has 1 saturated heterocycles. The summed E-state index contributed by atoms with van der Waals surface area (Å²) in [6.45, 7) is 12.8. The van der Waals surface area contributed by atoms with Gasteiger partial charge in [0.2, 0.25) is 0 Å². The summed E-state index contributed by atoms with van der Waals surface area (Å²) in [5.41, 5.74) is -1.76. The second kappa shape index (κ2) is 10.8. The quantitative estimate of drug-likeness (QED) is 0.253. The molecular weight excluding hydrogens is 467 g/mol. The molecule has 1 unspecified atom stereocenters. The molecule has 1 rings (SSSR count). The zero-order chi connectivity index (χ0) is 19.1. The Balaban J connectivity index is 0.00000625. The minimum atomic E-state index is -0.675. The molecule has 0 spiro atoms. The number of ether oxygens (including phenoxy) is 1. The number of halogens is 1. The average Bonchev–Trinajstić information content (AvgIpc) is 2.86. The smallest absolute Gasteiger partial charge is 0.408 e. The largest absolute Gasteiger partial charge is 0.444 e. The maximum Gasteiger partial charge on any atom is 0.408 e. The van der Waals surface area contributed by atoms with Crippen molar-refractivity contribution in [3.8, 4) is 0 Å². The summed E-state index contributed by atoms with van der Waals surface area (Å²) in [6, 6.07) is 0. The topological polar surface area (TPSA) is 95.0 Å². The Morgan fingerprint density at radius 2 is 1.92 bits per heavy atom. The van der Waals surface area contributed by atoms with E-state index in [1.807, 2.05) is 41.5 Å². The number of aliphatic imine (C=N–C) groups is 1. The SMILES string of the molecule is CCNC(=NCC(C)(C)NC(=O)OC(C)(C)C)NCC1(O)CCSC1.I. The lowest BCUT2D eigenvalue weighted by molar-refractivity contribution is 0.0476. The zero-order valence-electron chi connectivity index (χ0n) is 16.8. The molecule has 0 saturated carbocycles. The summed E-state index contributed by atoms with van der Waals surface area (Å²) in [7, 11) is 0. The maximum atomic E-state index is 11.9. The van der Waals surface area contributed by atoms with E-state index in [0.717, 1.165) is 24.5 Å². The van der Waals surface area contributed by atoms with E-state index in [0.29, 0.717) is 19.0 Å². The number of amides is 1. The predicted molar refractivity (Wildman–Crippen MR) is 120 cm³/mol. The molecular formula is C17H35IN4O3S. The van der Waals surface area contributed by atoms with Crippen LogP contribution in [0.5, 0.6) is 0 Å². The van der Waals surface area contributed by atoms with Gasteiger partial charge in [0.25, 0.3) is 0 Å². The van der Waals surface area contributed by atoms with Crippen molar-refractivity contribution >= 4 is 47.8 Å². The number of nitrogens with zero attached hydrogens (tertiary/aromatic N) is 1. The van der Waals surface area contributed by atoms with Gasteiger partial charge in [-0.25, -0.2) is 4.79 Å². The Kier molecular flexibility index (Phi) is 10.6. The van der Waals surface area contributed by atoms with Gasteiger partial charge in [0, 0.05) is 18.8 Å². The number of carbonyl (C=O) groups is 1. The van der Waals surface area contributed by atoms with Gasteiger partial charge in [-0.1, -0.05) is 0 Å². The number of nitrogens with one attached hydrogen (secondary N) is 3. The highest BCUT2D eigenvalue weighted by Crippen LogP contribution is 2.26. The monoisotopic (exact) mass is 502 g/mol. The summed E-state index contributed by atoms with van der Waals surface area (Å²) in [6.07, 6.45) is 0.332. The summed E-state index contributed by atoms with van der Waals surface area (Å²) in [5.74, 6) is 2.36. The Hall–Kier alpha value is -0.420. The summed E-state index contributed by atoms with van der Waals surface area (Å²) >= 11 is 1.76. The van der Waals surface area contributed by atoms with Crippen molar-refractivity contribution < 1.29 is 14.6 Å². The van der Waals surface area contributed by atoms with Crippen LogP contribution in [0.3, 0.4) is 0 Å². The van der Waals surface area contributed by atoms with Crippen molar-refractivity contribution in [2.24, 2.45) is 4.99 Å². The molecule has 0 aromatic carbocycles. The van der Waals surface area contributed by atoms with Crippen LogP contribution in [0.4, 0.5) is 4.79 Å². The van der Waals surface area contributed by atoms with Crippen molar-refractivity contribution in [2.75, 3.05) is 31.1 Å². The Morgan fingerprint density at radius 3 is 2.42 bits per heavy atom. The molecule has 0 aromatic heterocycles. The molecule has 154 valence electrons. The number of rotatable bonds is 6. The molecule has 26 heavy (non-hydrogen) atoms. The molecule has 1 fully saturated rings. The van der Waals surface area contributed by atoms with E-state index >= 15 is 0 Å². The Bertz CT molecular complexity index is 475. The average molecular weight is 502 g/mol. The molecule has 1 aliphatic rings. The fourth-order valence-corrected chi connectivity index (χ4v) is 3.52. The molecule has 7 nitrogen and oxygen atoms in total. The van der Waals surface area contributed by atoms with Gasteiger partial charge in [-0.05, 0) is 53.7 Å². The summed E-state index contributed by atoms with van der Waals surface area (Å²) < 4.78 is 5.29. The normalized spacial score (nSPS) is 21.0. The van der Waals surface area contributed by atoms with Gasteiger partial charge in [-0.2, -0.15) is 11.8 Å². The summed E-state index contributed by atoms with van der Waals surface area (Å²) in [4.78, 5) is 16.5. The van der Waals surface area contributed by atoms with Gasteiger partial charge in [0.15, 0.2) is 5.96 Å². The zero-order valence-corrected chi connectivity index (χ0v) is 19.9. The lowest BCUT2D eigenvalue weighted by Gasteiger charge is -2.28. The van der Waals surface area contributed by atoms with E-state index in [2.05, 4.69) is 20.9 Å². The van der Waals surface area contributed by atoms with Crippen LogP contribution in [-0.4, -0.2) is 65.0 Å². The standard InChI is InChI=1S/C17H34N4O3S.HI/c1-7-18-13(20-11-17(23)8-9-25-12-17)19-10-16(5,6)21-14(22)24-15(2,3)4;/h23H,7-12H2,1-6H3,(H,21,22)(H2,18,19,20);1H. The fraction of sp³-hybridized carbons (Fsp3) is 0.882. The van der Waals surface area contributed by atoms with Crippen molar-refractivity contribution in [3.63, 3.8) is 0 Å². The molecule has 0 aromatic rings. The number of thioether (sulfide) groups is 1. The van der Waals surface area contributed by atoms with Crippen LogP contribution < -0.4 is 16.0 Å². The number of carbonyl (C=O) groups excluding carboxylic acids is 1. The van der Waals surface area contributed by atoms with Gasteiger partial charge in [0.1, 0.15) is 5.60 Å². The highest BCUT2D eigenvalue weighted by molar-refractivity contribution is 14.0. The van der Waals surface area contributed by atoms with Crippen LogP contribution in [0.2, 0.25) is 0 Å². The van der Waals surface area contributed by atoms with E-state index in [1.54, 1.807) is 11.8 Å². The second-order valence-electron chi connectivity index (χ2n) is 8.09. The van der Waals surface area contributed by atoms with Gasteiger partial charge >= 0.3 is 6.09 Å². The van der Waals surface area contributed by atoms with Gasteiger partial charge in [-0.3, -0.25) is 4.99 Å². The van der Waals surface area contributed by atoms with Crippen LogP contribution in [0, 0.1) is 0 Å². The minimum Gasteiger partial charge on any atom is -0.444 e. The van der Waals surface area contributed by atoms with Crippen molar-refractivity contribution in [1.29, 1.82) is 0 Å². The Morgan fingerprint density at radius 1 is 1.27 bits per heavy atom. The minimum absolute atomic E-state index is 0. The molecule has 0 radical (unpaired) electrons. The molecule has 1 heterocycles. The number of aliphatic hydroxyl groups is 1. The first kappa shape index (κ1) is 25.6. The van der Waals surface area contributed by atoms with Crippen molar-refractivity contribution in [3.05, 3.63) is 0 Å². The number of hydrogen-bond donors (Lipinski definition) is 4. The third-order valence-corrected chi connectivity index (χ3v) is 4.72. The van der Waals surface area contributed by atoms with Crippen LogP contribution >= 0.6 is 35.7 Å². The third kappa shape index (κ3) is 10.7. The number of alkyl carbamates (subject to hydrolysis) is 1. The lowest BCUT2D eigenvalue weighted by Crippen LogP contribution is -2.50. The van der Waals surface area contributed by atoms with Crippen LogP contribution in [0.1, 0.15) is 48.0 Å². The van der Waals surface area contributed by atoms with E-state index < -0.39 is 22.8 Å². The molecule has 1 aliphatic heterocycles. The predicted octanol–water partition coefficient (Wildman–Crippen LogP) is 2.33. The second-order valence-corrected chi connectivity index (χ2v) is 9.19. The van der Waals surface area contributed by atoms with E-state index in [1.165, 1.54) is 0 Å². The summed E-state index contributed by atoms with van der Waals surface area (Å²) in [5, 5.41) is 19.6. The number of guanidine groups is 1. The number of hydrogen-bond acceptors (Lipinski definition) is 5. The van der Waals surface area contributed by atoms with Crippen molar-refractivity contribution in [2.45, 2.75) is 64.7 Å². The van der Waals surface area contributed by atoms with Gasteiger partial charge < -0.3 is 25.8 Å². The van der Waals surface area contributed by atoms with Crippen LogP contribution in [-0.2, 0) is 4.74 Å². The molecule has 9 heteroatoms. The molecule has 1 amide bonds. The highest BCUT2D eigenvalue weighted by atomic mass is 127. The van der Waals surface area contributed by atoms with Gasteiger partial charge in [0.05, 0.1) is 17.7 Å². The maximum absolute atomic E-state index is 11.9. The first-order valence-corrected chi connectivity index (χ1v) is 9.94. The molecule has 0 aliphatic carbocycles. The first-order chi connectivity index (χ1) is 11.4. The lowest BCUT2D eigenvalue weighted by atomic mass is 10.0. The van der Waals surface area contributed by atoms with Crippen molar-refractivity contribution in [1.82, 2.24) is 16.0 Å². The molecule has 4 N–H and O–H groups in total. The molecule has 0 bridgehead atoms. The van der Waals surface area contributed by atoms with E-state index in [-0.39, 0.29) is 24.0 Å². The highest BCUT2D eigenvalue weighted by Gasteiger charge is 2.32. The fourth-order valence-electron chi connectivity index (χ4n) is 2.22. The van der Waals surface area contributed by atoms with Gasteiger partial charge in [-0.15, -0.1) is 24.0 Å². The van der Waals surface area contributed by atoms with E-state index in [9.17, 15) is 9.90 Å². The third-order valence-electron chi connectivity index (χ3n) is 3.48.